The third-order valence-electron chi connectivity index (χ3n) is 4.07. The van der Waals surface area contributed by atoms with Crippen LogP contribution in [-0.2, 0) is 0 Å². The maximum Gasteiger partial charge on any atom is 0.0408 e. The van der Waals surface area contributed by atoms with Gasteiger partial charge in [-0.15, -0.1) is 0 Å². The molecule has 0 spiro atoms. The molecule has 1 saturated carbocycles. The molecule has 0 atom stereocenters. The molecule has 0 aliphatic heterocycles. The Morgan fingerprint density at radius 1 is 1.30 bits per heavy atom. The van der Waals surface area contributed by atoms with Gasteiger partial charge >= 0.3 is 0 Å². The Morgan fingerprint density at radius 3 is 2.60 bits per heavy atom. The molecule has 2 nitrogen and oxygen atoms in total. The van der Waals surface area contributed by atoms with Crippen molar-refractivity contribution in [2.75, 3.05) is 27.2 Å². The molecule has 1 aliphatic carbocycles. The van der Waals surface area contributed by atoms with Gasteiger partial charge in [-0.2, -0.15) is 0 Å². The van der Waals surface area contributed by atoms with Crippen molar-refractivity contribution < 1.29 is 0 Å². The van der Waals surface area contributed by atoms with Crippen LogP contribution in [0.25, 0.3) is 0 Å². The quantitative estimate of drug-likeness (QED) is 0.859. The number of hydrogen-bond donors (Lipinski definition) is 1. The summed E-state index contributed by atoms with van der Waals surface area (Å²) in [5.74, 6) is 0.683. The minimum absolute atomic E-state index is 0.324. The monoisotopic (exact) mass is 294 g/mol. The van der Waals surface area contributed by atoms with Gasteiger partial charge in [0.2, 0.25) is 0 Å². The molecule has 20 heavy (non-hydrogen) atoms. The summed E-state index contributed by atoms with van der Waals surface area (Å²) >= 11 is 6.06. The molecule has 1 aromatic carbocycles. The molecule has 0 saturated heterocycles. The molecule has 0 unspecified atom stereocenters. The summed E-state index contributed by atoms with van der Waals surface area (Å²) in [6.45, 7) is 6.85. The standard InChI is InChI=1S/C17H27ClN2/c1-17(2,12-20(3)4)11-19-16-9-14(10-16)13-6-5-7-15(18)8-13/h5-8,14,16,19H,9-12H2,1-4H3. The molecular weight excluding hydrogens is 268 g/mol. The lowest BCUT2D eigenvalue weighted by Gasteiger charge is -2.39. The average Bonchev–Trinajstić information content (AvgIpc) is 2.24. The van der Waals surface area contributed by atoms with Gasteiger partial charge in [-0.25, -0.2) is 0 Å². The molecule has 0 amide bonds. The number of rotatable bonds is 6. The van der Waals surface area contributed by atoms with Gasteiger partial charge in [-0.3, -0.25) is 0 Å². The van der Waals surface area contributed by atoms with E-state index in [0.29, 0.717) is 17.4 Å². The Hall–Kier alpha value is -0.570. The fourth-order valence-electron chi connectivity index (χ4n) is 3.15. The highest BCUT2D eigenvalue weighted by molar-refractivity contribution is 6.30. The Bertz CT molecular complexity index is 436. The van der Waals surface area contributed by atoms with Gasteiger partial charge in [-0.1, -0.05) is 37.6 Å². The van der Waals surface area contributed by atoms with Crippen molar-refractivity contribution >= 4 is 11.6 Å². The van der Waals surface area contributed by atoms with Crippen LogP contribution in [0.4, 0.5) is 0 Å². The molecule has 112 valence electrons. The molecule has 0 heterocycles. The van der Waals surface area contributed by atoms with Crippen molar-refractivity contribution in [3.05, 3.63) is 34.9 Å². The predicted molar refractivity (Wildman–Crippen MR) is 87.6 cm³/mol. The zero-order chi connectivity index (χ0) is 14.8. The number of nitrogens with one attached hydrogen (secondary N) is 1. The highest BCUT2D eigenvalue weighted by Crippen LogP contribution is 2.37. The molecule has 0 bridgehead atoms. The minimum atomic E-state index is 0.324. The maximum absolute atomic E-state index is 6.06. The summed E-state index contributed by atoms with van der Waals surface area (Å²) in [7, 11) is 4.28. The number of halogens is 1. The summed E-state index contributed by atoms with van der Waals surface area (Å²) in [5, 5.41) is 4.57. The van der Waals surface area contributed by atoms with Crippen LogP contribution in [0.15, 0.2) is 24.3 Å². The van der Waals surface area contributed by atoms with Crippen molar-refractivity contribution in [1.82, 2.24) is 10.2 Å². The highest BCUT2D eigenvalue weighted by atomic mass is 35.5. The van der Waals surface area contributed by atoms with E-state index in [1.807, 2.05) is 6.07 Å². The van der Waals surface area contributed by atoms with Crippen molar-refractivity contribution in [2.24, 2.45) is 5.41 Å². The zero-order valence-electron chi connectivity index (χ0n) is 13.1. The van der Waals surface area contributed by atoms with E-state index >= 15 is 0 Å². The van der Waals surface area contributed by atoms with Gasteiger partial charge < -0.3 is 10.2 Å². The van der Waals surface area contributed by atoms with Crippen LogP contribution in [0.1, 0.15) is 38.2 Å². The van der Waals surface area contributed by atoms with Crippen LogP contribution in [0.3, 0.4) is 0 Å². The first kappa shape index (κ1) is 15.8. The summed E-state index contributed by atoms with van der Waals surface area (Å²) in [4.78, 5) is 2.26. The van der Waals surface area contributed by atoms with E-state index in [4.69, 9.17) is 11.6 Å². The van der Waals surface area contributed by atoms with Gasteiger partial charge in [0.1, 0.15) is 0 Å². The van der Waals surface area contributed by atoms with E-state index in [1.165, 1.54) is 18.4 Å². The first-order valence-electron chi connectivity index (χ1n) is 7.49. The molecule has 1 aliphatic rings. The van der Waals surface area contributed by atoms with Crippen molar-refractivity contribution in [2.45, 2.75) is 38.6 Å². The van der Waals surface area contributed by atoms with E-state index in [0.717, 1.165) is 18.1 Å². The Kier molecular flexibility index (Phi) is 5.11. The van der Waals surface area contributed by atoms with Gasteiger partial charge in [0.25, 0.3) is 0 Å². The lowest BCUT2D eigenvalue weighted by atomic mass is 9.75. The van der Waals surface area contributed by atoms with E-state index in [9.17, 15) is 0 Å². The predicted octanol–water partition coefficient (Wildman–Crippen LogP) is 3.76. The lowest BCUT2D eigenvalue weighted by molar-refractivity contribution is 0.200. The lowest BCUT2D eigenvalue weighted by Crippen LogP contribution is -2.46. The smallest absolute Gasteiger partial charge is 0.0408 e. The molecule has 1 fully saturated rings. The van der Waals surface area contributed by atoms with Crippen LogP contribution in [-0.4, -0.2) is 38.1 Å². The second kappa shape index (κ2) is 6.46. The molecule has 1 aromatic rings. The second-order valence-electron chi connectivity index (χ2n) is 7.20. The normalized spacial score (nSPS) is 22.9. The number of benzene rings is 1. The third-order valence-corrected chi connectivity index (χ3v) is 4.31. The number of nitrogens with zero attached hydrogens (tertiary/aromatic N) is 1. The molecular formula is C17H27ClN2. The fourth-order valence-corrected chi connectivity index (χ4v) is 3.35. The molecule has 2 rings (SSSR count). The van der Waals surface area contributed by atoms with E-state index in [1.54, 1.807) is 0 Å². The summed E-state index contributed by atoms with van der Waals surface area (Å²) < 4.78 is 0. The highest BCUT2D eigenvalue weighted by Gasteiger charge is 2.31. The Labute approximate surface area is 128 Å². The van der Waals surface area contributed by atoms with Gasteiger partial charge in [0.15, 0.2) is 0 Å². The van der Waals surface area contributed by atoms with Crippen molar-refractivity contribution in [3.8, 4) is 0 Å². The van der Waals surface area contributed by atoms with Crippen LogP contribution < -0.4 is 5.32 Å². The maximum atomic E-state index is 6.06. The zero-order valence-corrected chi connectivity index (χ0v) is 13.9. The minimum Gasteiger partial charge on any atom is -0.313 e. The molecule has 0 aromatic heterocycles. The summed E-state index contributed by atoms with van der Waals surface area (Å²) in [5.41, 5.74) is 1.72. The summed E-state index contributed by atoms with van der Waals surface area (Å²) in [6.07, 6.45) is 2.47. The fraction of sp³-hybridized carbons (Fsp3) is 0.647. The molecule has 3 heteroatoms. The van der Waals surface area contributed by atoms with Gasteiger partial charge in [-0.05, 0) is 56.0 Å². The van der Waals surface area contributed by atoms with Crippen molar-refractivity contribution in [1.29, 1.82) is 0 Å². The Morgan fingerprint density at radius 2 is 2.00 bits per heavy atom. The van der Waals surface area contributed by atoms with E-state index < -0.39 is 0 Å². The van der Waals surface area contributed by atoms with Crippen LogP contribution >= 0.6 is 11.6 Å². The first-order valence-corrected chi connectivity index (χ1v) is 7.87. The van der Waals surface area contributed by atoms with Gasteiger partial charge in [0.05, 0.1) is 0 Å². The third kappa shape index (κ3) is 4.47. The molecule has 0 radical (unpaired) electrons. The van der Waals surface area contributed by atoms with Gasteiger partial charge in [0, 0.05) is 24.2 Å². The van der Waals surface area contributed by atoms with Crippen LogP contribution in [0.2, 0.25) is 5.02 Å². The number of hydrogen-bond acceptors (Lipinski definition) is 2. The average molecular weight is 295 g/mol. The SMILES string of the molecule is CN(C)CC(C)(C)CNC1CC(c2cccc(Cl)c2)C1. The summed E-state index contributed by atoms with van der Waals surface area (Å²) in [6, 6.07) is 8.98. The largest absolute Gasteiger partial charge is 0.313 e. The van der Waals surface area contributed by atoms with Crippen LogP contribution in [0.5, 0.6) is 0 Å². The van der Waals surface area contributed by atoms with Crippen LogP contribution in [0, 0.1) is 5.41 Å². The second-order valence-corrected chi connectivity index (χ2v) is 7.64. The van der Waals surface area contributed by atoms with Crippen molar-refractivity contribution in [3.63, 3.8) is 0 Å². The topological polar surface area (TPSA) is 15.3 Å². The first-order chi connectivity index (χ1) is 9.35. The molecule has 1 N–H and O–H groups in total. The Balaban J connectivity index is 1.74. The van der Waals surface area contributed by atoms with E-state index in [2.05, 4.69) is 56.4 Å². The van der Waals surface area contributed by atoms with E-state index in [-0.39, 0.29) is 0 Å².